The van der Waals surface area contributed by atoms with E-state index in [-0.39, 0.29) is 12.5 Å². The van der Waals surface area contributed by atoms with Crippen LogP contribution in [0.3, 0.4) is 0 Å². The van der Waals surface area contributed by atoms with Gasteiger partial charge in [-0.25, -0.2) is 4.79 Å². The highest BCUT2D eigenvalue weighted by atomic mass is 16.5. The van der Waals surface area contributed by atoms with Crippen molar-refractivity contribution in [1.82, 2.24) is 9.80 Å². The number of carbonyl (C=O) groups is 1. The van der Waals surface area contributed by atoms with E-state index < -0.39 is 5.63 Å². The number of piperidine rings is 1. The summed E-state index contributed by atoms with van der Waals surface area (Å²) >= 11 is 0. The smallest absolute Gasteiger partial charge is 0.336 e. The molecule has 0 aliphatic carbocycles. The van der Waals surface area contributed by atoms with Crippen LogP contribution in [0, 0.1) is 0 Å². The van der Waals surface area contributed by atoms with Gasteiger partial charge < -0.3 is 18.8 Å². The molecule has 3 heterocycles. The van der Waals surface area contributed by atoms with Crippen LogP contribution >= 0.6 is 0 Å². The molecule has 0 N–H and O–H groups in total. The summed E-state index contributed by atoms with van der Waals surface area (Å²) in [6.07, 6.45) is 1.99. The normalized spacial score (nSPS) is 19.3. The Morgan fingerprint density at radius 1 is 1.07 bits per heavy atom. The van der Waals surface area contributed by atoms with Crippen LogP contribution in [0.5, 0.6) is 5.75 Å². The number of carbonyl (C=O) groups excluding carboxylic acids is 1. The number of hydrogen-bond acceptors (Lipinski definition) is 6. The number of morpholine rings is 1. The monoisotopic (exact) mass is 372 g/mol. The molecule has 0 radical (unpaired) electrons. The van der Waals surface area contributed by atoms with Crippen LogP contribution in [-0.4, -0.2) is 67.7 Å². The van der Waals surface area contributed by atoms with Crippen molar-refractivity contribution in [2.45, 2.75) is 18.9 Å². The van der Waals surface area contributed by atoms with Crippen LogP contribution in [0.1, 0.15) is 12.8 Å². The fourth-order valence-electron chi connectivity index (χ4n) is 3.79. The van der Waals surface area contributed by atoms with Crippen molar-refractivity contribution in [1.29, 1.82) is 0 Å². The molecule has 2 aromatic rings. The Kier molecular flexibility index (Phi) is 5.40. The number of likely N-dealkylation sites (tertiary alicyclic amines) is 1. The van der Waals surface area contributed by atoms with Gasteiger partial charge in [0.1, 0.15) is 11.3 Å². The first-order chi connectivity index (χ1) is 13.2. The minimum absolute atomic E-state index is 0.00913. The lowest BCUT2D eigenvalue weighted by Crippen LogP contribution is -2.50. The molecule has 1 amide bonds. The van der Waals surface area contributed by atoms with Crippen LogP contribution in [0.15, 0.2) is 39.5 Å². The fraction of sp³-hybridized carbons (Fsp3) is 0.500. The quantitative estimate of drug-likeness (QED) is 0.758. The van der Waals surface area contributed by atoms with Gasteiger partial charge in [0.2, 0.25) is 0 Å². The van der Waals surface area contributed by atoms with Crippen molar-refractivity contribution in [2.24, 2.45) is 0 Å². The number of hydrogen-bond donors (Lipinski definition) is 0. The Morgan fingerprint density at radius 2 is 1.81 bits per heavy atom. The van der Waals surface area contributed by atoms with E-state index in [1.807, 2.05) is 11.0 Å². The summed E-state index contributed by atoms with van der Waals surface area (Å²) in [6.45, 7) is 5.09. The molecule has 4 rings (SSSR count). The van der Waals surface area contributed by atoms with E-state index >= 15 is 0 Å². The van der Waals surface area contributed by atoms with Crippen molar-refractivity contribution in [2.75, 3.05) is 46.0 Å². The molecule has 2 aliphatic heterocycles. The Balaban J connectivity index is 1.29. The molecule has 0 saturated carbocycles. The van der Waals surface area contributed by atoms with Crippen LogP contribution < -0.4 is 10.4 Å². The van der Waals surface area contributed by atoms with Crippen molar-refractivity contribution >= 4 is 16.9 Å². The Hall–Kier alpha value is -2.38. The summed E-state index contributed by atoms with van der Waals surface area (Å²) < 4.78 is 16.2. The van der Waals surface area contributed by atoms with Gasteiger partial charge in [-0.1, -0.05) is 0 Å². The molecule has 27 heavy (non-hydrogen) atoms. The van der Waals surface area contributed by atoms with Gasteiger partial charge in [-0.15, -0.1) is 0 Å². The predicted molar refractivity (Wildman–Crippen MR) is 100.0 cm³/mol. The number of benzene rings is 1. The summed E-state index contributed by atoms with van der Waals surface area (Å²) in [7, 11) is 0. The molecule has 1 aromatic carbocycles. The zero-order valence-electron chi connectivity index (χ0n) is 15.3. The number of amides is 1. The first-order valence-corrected chi connectivity index (χ1v) is 9.45. The molecule has 2 saturated heterocycles. The second kappa shape index (κ2) is 8.10. The first kappa shape index (κ1) is 18.0. The van der Waals surface area contributed by atoms with Crippen molar-refractivity contribution in [3.63, 3.8) is 0 Å². The highest BCUT2D eigenvalue weighted by Crippen LogP contribution is 2.21. The van der Waals surface area contributed by atoms with Crippen molar-refractivity contribution in [3.05, 3.63) is 40.8 Å². The summed E-state index contributed by atoms with van der Waals surface area (Å²) in [5.41, 5.74) is 0.0534. The number of nitrogens with zero attached hydrogens (tertiary/aromatic N) is 2. The zero-order chi connectivity index (χ0) is 18.6. The molecule has 2 fully saturated rings. The molecule has 7 nitrogen and oxygen atoms in total. The highest BCUT2D eigenvalue weighted by Gasteiger charge is 2.27. The van der Waals surface area contributed by atoms with Crippen LogP contribution in [0.4, 0.5) is 0 Å². The average molecular weight is 372 g/mol. The van der Waals surface area contributed by atoms with Gasteiger partial charge in [-0.05, 0) is 31.0 Å². The van der Waals surface area contributed by atoms with E-state index in [4.69, 9.17) is 13.9 Å². The molecule has 2 aliphatic rings. The minimum atomic E-state index is -0.404. The molecule has 144 valence electrons. The molecule has 0 bridgehead atoms. The third kappa shape index (κ3) is 4.31. The first-order valence-electron chi connectivity index (χ1n) is 9.45. The van der Waals surface area contributed by atoms with E-state index in [9.17, 15) is 9.59 Å². The SMILES string of the molecule is O=C(COc1ccc2ccc(=O)oc2c1)N1CCC(N2CCOCC2)CC1. The third-order valence-electron chi connectivity index (χ3n) is 5.34. The number of ether oxygens (including phenoxy) is 2. The summed E-state index contributed by atoms with van der Waals surface area (Å²) in [4.78, 5) is 28.1. The molecule has 1 aromatic heterocycles. The van der Waals surface area contributed by atoms with E-state index in [0.717, 1.165) is 57.6 Å². The summed E-state index contributed by atoms with van der Waals surface area (Å²) in [6, 6.07) is 8.87. The predicted octanol–water partition coefficient (Wildman–Crippen LogP) is 1.49. The van der Waals surface area contributed by atoms with Crippen molar-refractivity contribution in [3.8, 4) is 5.75 Å². The molecule has 0 unspecified atom stereocenters. The summed E-state index contributed by atoms with van der Waals surface area (Å²) in [5, 5.41) is 0.818. The van der Waals surface area contributed by atoms with Crippen LogP contribution in [0.25, 0.3) is 11.0 Å². The lowest BCUT2D eigenvalue weighted by atomic mass is 10.0. The van der Waals surface area contributed by atoms with Crippen LogP contribution in [0.2, 0.25) is 0 Å². The fourth-order valence-corrected chi connectivity index (χ4v) is 3.79. The molecular formula is C20H24N2O5. The largest absolute Gasteiger partial charge is 0.484 e. The highest BCUT2D eigenvalue weighted by molar-refractivity contribution is 5.79. The Morgan fingerprint density at radius 3 is 2.59 bits per heavy atom. The Bertz CT molecular complexity index is 851. The summed E-state index contributed by atoms with van der Waals surface area (Å²) in [5.74, 6) is 0.512. The molecular weight excluding hydrogens is 348 g/mol. The second-order valence-electron chi connectivity index (χ2n) is 7.00. The number of fused-ring (bicyclic) bond motifs is 1. The lowest BCUT2D eigenvalue weighted by molar-refractivity contribution is -0.135. The van der Waals surface area contributed by atoms with Gasteiger partial charge in [0, 0.05) is 49.7 Å². The van der Waals surface area contributed by atoms with Gasteiger partial charge in [-0.3, -0.25) is 9.69 Å². The van der Waals surface area contributed by atoms with Gasteiger partial charge >= 0.3 is 5.63 Å². The molecule has 7 heteroatoms. The number of rotatable bonds is 4. The Labute approximate surface area is 157 Å². The lowest BCUT2D eigenvalue weighted by Gasteiger charge is -2.40. The average Bonchev–Trinajstić information content (AvgIpc) is 2.72. The molecule has 0 atom stereocenters. The zero-order valence-corrected chi connectivity index (χ0v) is 15.3. The topological polar surface area (TPSA) is 72.2 Å². The van der Waals surface area contributed by atoms with Gasteiger partial charge in [0.05, 0.1) is 13.2 Å². The third-order valence-corrected chi connectivity index (χ3v) is 5.34. The van der Waals surface area contributed by atoms with E-state index in [2.05, 4.69) is 4.90 Å². The van der Waals surface area contributed by atoms with Gasteiger partial charge in [0.15, 0.2) is 6.61 Å². The van der Waals surface area contributed by atoms with E-state index in [0.29, 0.717) is 17.4 Å². The van der Waals surface area contributed by atoms with E-state index in [1.165, 1.54) is 6.07 Å². The second-order valence-corrected chi connectivity index (χ2v) is 7.00. The molecule has 0 spiro atoms. The van der Waals surface area contributed by atoms with Crippen LogP contribution in [-0.2, 0) is 9.53 Å². The van der Waals surface area contributed by atoms with Gasteiger partial charge in [-0.2, -0.15) is 0 Å². The van der Waals surface area contributed by atoms with Crippen molar-refractivity contribution < 1.29 is 18.7 Å². The maximum atomic E-state index is 12.5. The standard InChI is InChI=1S/C20H24N2O5/c23-19(22-7-5-16(6-8-22)21-9-11-25-12-10-21)14-26-17-3-1-15-2-4-20(24)27-18(15)13-17/h1-4,13,16H,5-12,14H2. The minimum Gasteiger partial charge on any atom is -0.484 e. The van der Waals surface area contributed by atoms with E-state index in [1.54, 1.807) is 18.2 Å². The van der Waals surface area contributed by atoms with Gasteiger partial charge in [0.25, 0.3) is 5.91 Å². The maximum Gasteiger partial charge on any atom is 0.336 e. The maximum absolute atomic E-state index is 12.5.